The van der Waals surface area contributed by atoms with Crippen molar-refractivity contribution in [3.05, 3.63) is 101 Å². The lowest BCUT2D eigenvalue weighted by molar-refractivity contribution is -0.172. The van der Waals surface area contributed by atoms with Crippen LogP contribution in [-0.4, -0.2) is 55.6 Å². The molecule has 238 valence electrons. The van der Waals surface area contributed by atoms with Crippen molar-refractivity contribution in [1.29, 1.82) is 0 Å². The van der Waals surface area contributed by atoms with Crippen LogP contribution in [0.4, 0.5) is 4.79 Å². The van der Waals surface area contributed by atoms with Gasteiger partial charge < -0.3 is 28.6 Å². The van der Waals surface area contributed by atoms with Gasteiger partial charge in [0.1, 0.15) is 11.4 Å². The first-order valence-corrected chi connectivity index (χ1v) is 16.8. The van der Waals surface area contributed by atoms with Crippen LogP contribution in [0.3, 0.4) is 0 Å². The highest BCUT2D eigenvalue weighted by atomic mass is 32.1. The lowest BCUT2D eigenvalue weighted by atomic mass is 9.87. The number of benzene rings is 3. The third-order valence-electron chi connectivity index (χ3n) is 8.39. The van der Waals surface area contributed by atoms with Gasteiger partial charge in [0.05, 0.1) is 39.1 Å². The van der Waals surface area contributed by atoms with Gasteiger partial charge in [0.2, 0.25) is 0 Å². The molecule has 2 unspecified atom stereocenters. The smallest absolute Gasteiger partial charge is 0.410 e. The fraction of sp³-hybridized carbons (Fsp3) is 0.432. The van der Waals surface area contributed by atoms with E-state index in [0.717, 1.165) is 36.1 Å². The fourth-order valence-electron chi connectivity index (χ4n) is 6.18. The fourth-order valence-corrected chi connectivity index (χ4v) is 6.95. The number of carbonyl (C=O) groups excluding carboxylic acids is 1. The molecule has 6 rings (SSSR count). The number of hydrogen-bond acceptors (Lipinski definition) is 7. The minimum absolute atomic E-state index is 0.144. The molecule has 0 radical (unpaired) electrons. The van der Waals surface area contributed by atoms with E-state index in [0.29, 0.717) is 39.5 Å². The number of nitrogens with zero attached hydrogens (tertiary/aromatic N) is 1. The Hall–Kier alpha value is -3.43. The Morgan fingerprint density at radius 1 is 1.00 bits per heavy atom. The number of hydrogen-bond donors (Lipinski definition) is 0. The predicted octanol–water partition coefficient (Wildman–Crippen LogP) is 8.27. The molecule has 1 aromatic heterocycles. The largest absolute Gasteiger partial charge is 0.494 e. The second-order valence-electron chi connectivity index (χ2n) is 12.8. The van der Waals surface area contributed by atoms with E-state index in [-0.39, 0.29) is 18.1 Å². The zero-order valence-corrected chi connectivity index (χ0v) is 27.2. The van der Waals surface area contributed by atoms with Gasteiger partial charge in [-0.25, -0.2) is 4.79 Å². The monoisotopic (exact) mass is 629 g/mol. The van der Waals surface area contributed by atoms with Crippen molar-refractivity contribution >= 4 is 27.5 Å². The van der Waals surface area contributed by atoms with Crippen LogP contribution >= 0.6 is 11.3 Å². The number of ether oxygens (including phenoxy) is 5. The Morgan fingerprint density at radius 3 is 2.53 bits per heavy atom. The van der Waals surface area contributed by atoms with Gasteiger partial charge in [-0.15, -0.1) is 11.3 Å². The van der Waals surface area contributed by atoms with E-state index in [9.17, 15) is 4.79 Å². The molecule has 2 aliphatic heterocycles. The van der Waals surface area contributed by atoms with Crippen molar-refractivity contribution < 1.29 is 28.5 Å². The number of fused-ring (bicyclic) bond motifs is 1. The first-order valence-electron chi connectivity index (χ1n) is 15.9. The van der Waals surface area contributed by atoms with Crippen molar-refractivity contribution in [1.82, 2.24) is 4.90 Å². The van der Waals surface area contributed by atoms with Gasteiger partial charge in [-0.2, -0.15) is 0 Å². The maximum Gasteiger partial charge on any atom is 0.410 e. The van der Waals surface area contributed by atoms with E-state index in [2.05, 4.69) is 53.9 Å². The molecule has 2 atom stereocenters. The van der Waals surface area contributed by atoms with Crippen LogP contribution in [0.15, 0.2) is 84.2 Å². The summed E-state index contributed by atoms with van der Waals surface area (Å²) in [6, 6.07) is 27.1. The summed E-state index contributed by atoms with van der Waals surface area (Å²) in [5, 5.41) is 3.34. The van der Waals surface area contributed by atoms with E-state index in [1.54, 1.807) is 16.2 Å². The molecule has 1 amide bonds. The van der Waals surface area contributed by atoms with Crippen molar-refractivity contribution in [2.24, 2.45) is 0 Å². The molecule has 8 heteroatoms. The van der Waals surface area contributed by atoms with Crippen molar-refractivity contribution in [2.45, 2.75) is 70.1 Å². The number of likely N-dealkylation sites (tertiary alicyclic amines) is 1. The van der Waals surface area contributed by atoms with Crippen molar-refractivity contribution in [2.75, 3.05) is 32.9 Å². The Labute approximate surface area is 270 Å². The summed E-state index contributed by atoms with van der Waals surface area (Å²) in [6.07, 6.45) is 1.85. The number of piperidine rings is 1. The van der Waals surface area contributed by atoms with Gasteiger partial charge in [-0.1, -0.05) is 48.5 Å². The lowest BCUT2D eigenvalue weighted by Crippen LogP contribution is -2.48. The minimum atomic E-state index is -0.687. The number of amides is 1. The van der Waals surface area contributed by atoms with Gasteiger partial charge in [0, 0.05) is 29.1 Å². The molecule has 2 saturated heterocycles. The van der Waals surface area contributed by atoms with Gasteiger partial charge >= 0.3 is 6.09 Å². The number of thiophene rings is 1. The number of carbonyl (C=O) groups is 1. The van der Waals surface area contributed by atoms with E-state index in [1.165, 1.54) is 15.6 Å². The average molecular weight is 630 g/mol. The Kier molecular flexibility index (Phi) is 9.75. The summed E-state index contributed by atoms with van der Waals surface area (Å²) in [4.78, 5) is 14.7. The molecular weight excluding hydrogens is 586 g/mol. The van der Waals surface area contributed by atoms with Crippen LogP contribution in [-0.2, 0) is 31.3 Å². The first-order chi connectivity index (χ1) is 21.8. The van der Waals surface area contributed by atoms with Crippen LogP contribution < -0.4 is 4.74 Å². The van der Waals surface area contributed by atoms with Crippen LogP contribution in [0, 0.1) is 0 Å². The minimum Gasteiger partial charge on any atom is -0.494 e. The molecule has 45 heavy (non-hydrogen) atoms. The normalized spacial score (nSPS) is 19.9. The second-order valence-corrected chi connectivity index (χ2v) is 13.7. The maximum absolute atomic E-state index is 13.0. The predicted molar refractivity (Wildman–Crippen MR) is 177 cm³/mol. The highest BCUT2D eigenvalue weighted by Gasteiger charge is 2.38. The molecule has 7 nitrogen and oxygen atoms in total. The average Bonchev–Trinajstić information content (AvgIpc) is 3.72. The molecule has 0 spiro atoms. The third-order valence-corrected chi connectivity index (χ3v) is 9.28. The number of rotatable bonds is 10. The zero-order chi connectivity index (χ0) is 31.3. The highest BCUT2D eigenvalue weighted by Crippen LogP contribution is 2.36. The van der Waals surface area contributed by atoms with Gasteiger partial charge in [0.25, 0.3) is 0 Å². The van der Waals surface area contributed by atoms with Gasteiger partial charge in [-0.05, 0) is 85.8 Å². The molecule has 0 aliphatic carbocycles. The molecule has 2 aliphatic rings. The molecular formula is C37H43NO6S. The summed E-state index contributed by atoms with van der Waals surface area (Å²) in [5.74, 6) is 0.283. The van der Waals surface area contributed by atoms with Crippen LogP contribution in [0.25, 0.3) is 10.1 Å². The molecule has 2 fully saturated rings. The highest BCUT2D eigenvalue weighted by molar-refractivity contribution is 7.17. The Morgan fingerprint density at radius 2 is 1.78 bits per heavy atom. The van der Waals surface area contributed by atoms with Gasteiger partial charge in [0.15, 0.2) is 5.79 Å². The lowest BCUT2D eigenvalue weighted by Gasteiger charge is -2.39. The third kappa shape index (κ3) is 7.87. The van der Waals surface area contributed by atoms with E-state index in [4.69, 9.17) is 23.7 Å². The molecule has 0 saturated carbocycles. The maximum atomic E-state index is 13.0. The summed E-state index contributed by atoms with van der Waals surface area (Å²) >= 11 is 1.74. The Bertz CT molecular complexity index is 1540. The van der Waals surface area contributed by atoms with E-state index >= 15 is 0 Å². The van der Waals surface area contributed by atoms with E-state index < -0.39 is 11.4 Å². The second kappa shape index (κ2) is 13.9. The summed E-state index contributed by atoms with van der Waals surface area (Å²) < 4.78 is 31.8. The van der Waals surface area contributed by atoms with E-state index in [1.807, 2.05) is 51.1 Å². The molecule has 0 bridgehead atoms. The van der Waals surface area contributed by atoms with Crippen molar-refractivity contribution in [3.8, 4) is 5.75 Å². The molecule has 4 aromatic rings. The summed E-state index contributed by atoms with van der Waals surface area (Å²) in [5.41, 5.74) is 2.81. The summed E-state index contributed by atoms with van der Waals surface area (Å²) in [7, 11) is 0. The zero-order valence-electron chi connectivity index (χ0n) is 26.4. The quantitative estimate of drug-likeness (QED) is 0.165. The van der Waals surface area contributed by atoms with Crippen LogP contribution in [0.1, 0.15) is 62.6 Å². The standard InChI is InChI=1S/C37H43NO6S/c1-36(2,3)44-35(39)38-19-16-32(33(25-38)41-26-27-10-15-34-29(24-27)17-23-45-34)28-11-13-31(14-12-28)40-20-7-18-37(42-21-22-43-37)30-8-5-4-6-9-30/h4-6,8-15,17,23-24,32-33H,7,16,18-22,25-26H2,1-3H3. The SMILES string of the molecule is CC(C)(C)OC(=O)N1CCC(c2ccc(OCCCC3(c4ccccc4)OCCO3)cc2)C(OCc2ccc3sccc3c2)C1. The van der Waals surface area contributed by atoms with Crippen molar-refractivity contribution in [3.63, 3.8) is 0 Å². The molecule has 0 N–H and O–H groups in total. The van der Waals surface area contributed by atoms with Gasteiger partial charge in [-0.3, -0.25) is 0 Å². The van der Waals surface area contributed by atoms with Crippen LogP contribution in [0.2, 0.25) is 0 Å². The Balaban J connectivity index is 1.08. The molecule has 3 heterocycles. The van der Waals surface area contributed by atoms with Crippen LogP contribution in [0.5, 0.6) is 5.75 Å². The molecule has 3 aromatic carbocycles. The summed E-state index contributed by atoms with van der Waals surface area (Å²) in [6.45, 7) is 9.03. The topological polar surface area (TPSA) is 66.5 Å². The first kappa shape index (κ1) is 31.5.